The van der Waals surface area contributed by atoms with Crippen molar-refractivity contribution in [3.05, 3.63) is 28.2 Å². The number of amides is 1. The monoisotopic (exact) mass is 364 g/mol. The number of benzene rings is 1. The van der Waals surface area contributed by atoms with Crippen LogP contribution in [0.2, 0.25) is 0 Å². The van der Waals surface area contributed by atoms with Gasteiger partial charge < -0.3 is 10.1 Å². The van der Waals surface area contributed by atoms with E-state index in [0.717, 1.165) is 0 Å². The number of ether oxygens (including phenoxy) is 1. The molecule has 1 aromatic carbocycles. The molecule has 0 bridgehead atoms. The standard InChI is InChI=1S/C12H17BrN2O4S/c1-12(2,19-3)7-15-11(16)8-4-9(13)6-10(5-8)20(14,17)18/h4-6H,7H2,1-3H3,(H,15,16)(H2,14,17,18). The van der Waals surface area contributed by atoms with Crippen molar-refractivity contribution in [2.24, 2.45) is 5.14 Å². The van der Waals surface area contributed by atoms with Crippen LogP contribution >= 0.6 is 15.9 Å². The van der Waals surface area contributed by atoms with E-state index in [4.69, 9.17) is 9.88 Å². The molecule has 0 radical (unpaired) electrons. The van der Waals surface area contributed by atoms with E-state index in [9.17, 15) is 13.2 Å². The van der Waals surface area contributed by atoms with Gasteiger partial charge in [0.2, 0.25) is 10.0 Å². The Labute approximate surface area is 126 Å². The van der Waals surface area contributed by atoms with Gasteiger partial charge in [-0.2, -0.15) is 0 Å². The second-order valence-corrected chi connectivity index (χ2v) is 7.34. The maximum Gasteiger partial charge on any atom is 0.251 e. The van der Waals surface area contributed by atoms with Crippen molar-refractivity contribution in [3.63, 3.8) is 0 Å². The van der Waals surface area contributed by atoms with E-state index in [0.29, 0.717) is 11.0 Å². The topological polar surface area (TPSA) is 98.5 Å². The number of carbonyl (C=O) groups excluding carboxylic acids is 1. The van der Waals surface area contributed by atoms with Gasteiger partial charge in [-0.15, -0.1) is 0 Å². The summed E-state index contributed by atoms with van der Waals surface area (Å²) >= 11 is 3.15. The number of nitrogens with one attached hydrogen (secondary N) is 1. The van der Waals surface area contributed by atoms with Gasteiger partial charge in [0.15, 0.2) is 0 Å². The second-order valence-electron chi connectivity index (χ2n) is 4.87. The number of nitrogens with two attached hydrogens (primary N) is 1. The fraction of sp³-hybridized carbons (Fsp3) is 0.417. The normalized spacial score (nSPS) is 12.2. The van der Waals surface area contributed by atoms with Gasteiger partial charge in [0, 0.05) is 23.7 Å². The molecule has 1 aromatic rings. The van der Waals surface area contributed by atoms with Crippen LogP contribution in [0.5, 0.6) is 0 Å². The fourth-order valence-electron chi connectivity index (χ4n) is 1.33. The summed E-state index contributed by atoms with van der Waals surface area (Å²) in [6.45, 7) is 3.94. The van der Waals surface area contributed by atoms with Crippen LogP contribution in [0.3, 0.4) is 0 Å². The van der Waals surface area contributed by atoms with Crippen molar-refractivity contribution >= 4 is 31.9 Å². The van der Waals surface area contributed by atoms with Crippen molar-refractivity contribution in [1.82, 2.24) is 5.32 Å². The number of methoxy groups -OCH3 is 1. The van der Waals surface area contributed by atoms with Gasteiger partial charge in [-0.1, -0.05) is 15.9 Å². The van der Waals surface area contributed by atoms with Gasteiger partial charge in [-0.05, 0) is 32.0 Å². The Hall–Kier alpha value is -0.960. The summed E-state index contributed by atoms with van der Waals surface area (Å²) in [5.74, 6) is -0.402. The van der Waals surface area contributed by atoms with Crippen molar-refractivity contribution in [2.45, 2.75) is 24.3 Å². The van der Waals surface area contributed by atoms with E-state index in [1.165, 1.54) is 18.2 Å². The zero-order chi connectivity index (χ0) is 15.6. The van der Waals surface area contributed by atoms with Crippen molar-refractivity contribution in [1.29, 1.82) is 0 Å². The minimum Gasteiger partial charge on any atom is -0.377 e. The van der Waals surface area contributed by atoms with Gasteiger partial charge in [0.05, 0.1) is 10.5 Å². The number of halogens is 1. The van der Waals surface area contributed by atoms with Crippen LogP contribution < -0.4 is 10.5 Å². The van der Waals surface area contributed by atoms with Crippen molar-refractivity contribution < 1.29 is 17.9 Å². The summed E-state index contributed by atoms with van der Waals surface area (Å²) < 4.78 is 28.3. The molecule has 0 aliphatic heterocycles. The lowest BCUT2D eigenvalue weighted by Crippen LogP contribution is -2.39. The Balaban J connectivity index is 2.97. The number of hydrogen-bond donors (Lipinski definition) is 2. The largest absolute Gasteiger partial charge is 0.377 e. The molecule has 8 heteroatoms. The molecule has 0 aromatic heterocycles. The summed E-state index contributed by atoms with van der Waals surface area (Å²) in [6.07, 6.45) is 0. The predicted molar refractivity (Wildman–Crippen MR) is 78.9 cm³/mol. The first-order valence-electron chi connectivity index (χ1n) is 5.72. The lowest BCUT2D eigenvalue weighted by atomic mass is 10.1. The first kappa shape index (κ1) is 17.1. The van der Waals surface area contributed by atoms with Crippen LogP contribution in [0.1, 0.15) is 24.2 Å². The number of primary sulfonamides is 1. The highest BCUT2D eigenvalue weighted by Crippen LogP contribution is 2.19. The van der Waals surface area contributed by atoms with Crippen LogP contribution in [-0.4, -0.2) is 33.6 Å². The van der Waals surface area contributed by atoms with Gasteiger partial charge >= 0.3 is 0 Å². The Kier molecular flexibility index (Phi) is 5.31. The van der Waals surface area contributed by atoms with Crippen LogP contribution in [0.4, 0.5) is 0 Å². The minimum absolute atomic E-state index is 0.122. The third-order valence-electron chi connectivity index (χ3n) is 2.69. The number of rotatable bonds is 5. The van der Waals surface area contributed by atoms with E-state index < -0.39 is 21.5 Å². The maximum atomic E-state index is 12.0. The smallest absolute Gasteiger partial charge is 0.251 e. The molecule has 20 heavy (non-hydrogen) atoms. The van der Waals surface area contributed by atoms with E-state index in [1.54, 1.807) is 7.11 Å². The Morgan fingerprint density at radius 3 is 2.50 bits per heavy atom. The molecule has 0 aliphatic rings. The molecule has 0 unspecified atom stereocenters. The van der Waals surface area contributed by atoms with Crippen LogP contribution in [0.15, 0.2) is 27.6 Å². The predicted octanol–water partition coefficient (Wildman–Crippen LogP) is 1.25. The van der Waals surface area contributed by atoms with Crippen LogP contribution in [0, 0.1) is 0 Å². The molecule has 0 saturated heterocycles. The third kappa shape index (κ3) is 4.86. The van der Waals surface area contributed by atoms with Gasteiger partial charge in [-0.25, -0.2) is 13.6 Å². The molecular weight excluding hydrogens is 348 g/mol. The van der Waals surface area contributed by atoms with E-state index in [2.05, 4.69) is 21.2 Å². The number of carbonyl (C=O) groups is 1. The molecule has 0 heterocycles. The van der Waals surface area contributed by atoms with Crippen LogP contribution in [-0.2, 0) is 14.8 Å². The maximum absolute atomic E-state index is 12.0. The lowest BCUT2D eigenvalue weighted by Gasteiger charge is -2.23. The molecule has 3 N–H and O–H groups in total. The average Bonchev–Trinajstić information content (AvgIpc) is 2.34. The molecule has 1 rings (SSSR count). The summed E-state index contributed by atoms with van der Waals surface area (Å²) in [5.41, 5.74) is -0.305. The summed E-state index contributed by atoms with van der Waals surface area (Å²) in [5, 5.41) is 7.73. The lowest BCUT2D eigenvalue weighted by molar-refractivity contribution is 0.0228. The molecule has 0 aliphatic carbocycles. The first-order chi connectivity index (χ1) is 9.05. The highest BCUT2D eigenvalue weighted by Gasteiger charge is 2.19. The summed E-state index contributed by atoms with van der Waals surface area (Å²) in [4.78, 5) is 11.9. The number of sulfonamides is 1. The molecule has 112 valence electrons. The molecule has 0 saturated carbocycles. The summed E-state index contributed by atoms with van der Waals surface area (Å²) in [6, 6.07) is 4.09. The molecular formula is C12H17BrN2O4S. The van der Waals surface area contributed by atoms with E-state index in [1.807, 2.05) is 13.8 Å². The Morgan fingerprint density at radius 1 is 1.40 bits per heavy atom. The van der Waals surface area contributed by atoms with Crippen molar-refractivity contribution in [2.75, 3.05) is 13.7 Å². The van der Waals surface area contributed by atoms with E-state index >= 15 is 0 Å². The first-order valence-corrected chi connectivity index (χ1v) is 8.06. The fourth-order valence-corrected chi connectivity index (χ4v) is 2.55. The zero-order valence-electron chi connectivity index (χ0n) is 11.4. The van der Waals surface area contributed by atoms with Gasteiger partial charge in [0.25, 0.3) is 5.91 Å². The SMILES string of the molecule is COC(C)(C)CNC(=O)c1cc(Br)cc(S(N)(=O)=O)c1. The van der Waals surface area contributed by atoms with E-state index in [-0.39, 0.29) is 10.5 Å². The minimum atomic E-state index is -3.86. The highest BCUT2D eigenvalue weighted by molar-refractivity contribution is 9.10. The quantitative estimate of drug-likeness (QED) is 0.821. The Bertz CT molecular complexity index is 614. The second kappa shape index (κ2) is 6.21. The molecule has 0 spiro atoms. The van der Waals surface area contributed by atoms with Crippen molar-refractivity contribution in [3.8, 4) is 0 Å². The van der Waals surface area contributed by atoms with Gasteiger partial charge in [0.1, 0.15) is 0 Å². The Morgan fingerprint density at radius 2 is 2.00 bits per heavy atom. The van der Waals surface area contributed by atoms with Crippen LogP contribution in [0.25, 0.3) is 0 Å². The molecule has 0 fully saturated rings. The third-order valence-corrected chi connectivity index (χ3v) is 4.04. The zero-order valence-corrected chi connectivity index (χ0v) is 13.8. The highest BCUT2D eigenvalue weighted by atomic mass is 79.9. The summed E-state index contributed by atoms with van der Waals surface area (Å²) in [7, 11) is -2.32. The molecule has 0 atom stereocenters. The number of hydrogen-bond acceptors (Lipinski definition) is 4. The molecule has 6 nitrogen and oxygen atoms in total. The van der Waals surface area contributed by atoms with Gasteiger partial charge in [-0.3, -0.25) is 4.79 Å². The molecule has 1 amide bonds. The average molecular weight is 365 g/mol.